The molecule has 0 aliphatic heterocycles. The fourth-order valence-electron chi connectivity index (χ4n) is 0.548. The molecule has 0 aliphatic carbocycles. The van der Waals surface area contributed by atoms with Crippen molar-refractivity contribution < 1.29 is 3.89 Å². The molecule has 0 heterocycles. The Morgan fingerprint density at radius 1 is 1.60 bits per heavy atom. The molecule has 1 atom stereocenters. The number of hydrogen-bond donors (Lipinski definition) is 0. The van der Waals surface area contributed by atoms with Crippen molar-refractivity contribution >= 4 is 10.4 Å². The lowest BCUT2D eigenvalue weighted by molar-refractivity contribution is 0.780. The zero-order chi connectivity index (χ0) is 8.20. The van der Waals surface area contributed by atoms with E-state index in [0.717, 1.165) is 0 Å². The van der Waals surface area contributed by atoms with E-state index in [1.165, 1.54) is 0 Å². The summed E-state index contributed by atoms with van der Waals surface area (Å²) < 4.78 is 13.1. The van der Waals surface area contributed by atoms with Crippen molar-refractivity contribution in [3.8, 4) is 6.07 Å². The van der Waals surface area contributed by atoms with E-state index in [1.807, 2.05) is 13.0 Å². The van der Waals surface area contributed by atoms with Gasteiger partial charge in [0.05, 0.1) is 6.07 Å². The summed E-state index contributed by atoms with van der Waals surface area (Å²) in [5, 5.41) is 8.28. The molecule has 0 aliphatic rings. The first-order valence-electron chi connectivity index (χ1n) is 3.27. The van der Waals surface area contributed by atoms with Crippen LogP contribution in [0, 0.1) is 11.3 Å². The average Bonchev–Trinajstić information content (AvgIpc) is 1.80. The van der Waals surface area contributed by atoms with Crippen LogP contribution in [0.15, 0.2) is 0 Å². The Labute approximate surface area is 63.8 Å². The van der Waals surface area contributed by atoms with Crippen molar-refractivity contribution in [3.05, 3.63) is 0 Å². The largest absolute Gasteiger partial charge is 0.198 e. The predicted octanol–water partition coefficient (Wildman–Crippen LogP) is 2.63. The summed E-state index contributed by atoms with van der Waals surface area (Å²) >= 11 is 0. The van der Waals surface area contributed by atoms with Crippen LogP contribution >= 0.6 is 10.4 Å². The highest BCUT2D eigenvalue weighted by atomic mass is 32.3. The van der Waals surface area contributed by atoms with Gasteiger partial charge in [-0.3, -0.25) is 0 Å². The third-order valence-corrected chi connectivity index (χ3v) is 3.77. The van der Waals surface area contributed by atoms with Gasteiger partial charge in [0.1, 0.15) is 0 Å². The molecule has 0 aromatic rings. The van der Waals surface area contributed by atoms with Gasteiger partial charge in [0.25, 0.3) is 0 Å². The second-order valence-electron chi connectivity index (χ2n) is 2.78. The van der Waals surface area contributed by atoms with Crippen LogP contribution in [0.5, 0.6) is 0 Å². The van der Waals surface area contributed by atoms with Gasteiger partial charge in [0, 0.05) is 11.7 Å². The molecule has 1 unspecified atom stereocenters. The molecule has 0 aromatic heterocycles. The lowest BCUT2D eigenvalue weighted by Gasteiger charge is -2.27. The van der Waals surface area contributed by atoms with Crippen molar-refractivity contribution in [2.24, 2.45) is 0 Å². The Morgan fingerprint density at radius 3 is 2.40 bits per heavy atom. The first kappa shape index (κ1) is 9.77. The van der Waals surface area contributed by atoms with E-state index in [-0.39, 0.29) is 5.25 Å². The molecule has 10 heavy (non-hydrogen) atoms. The maximum atomic E-state index is 13.1. The summed E-state index contributed by atoms with van der Waals surface area (Å²) in [5.74, 6) is 0. The minimum atomic E-state index is -1.93. The van der Waals surface area contributed by atoms with Crippen LogP contribution in [0.25, 0.3) is 0 Å². The van der Waals surface area contributed by atoms with Crippen LogP contribution in [0.2, 0.25) is 0 Å². The van der Waals surface area contributed by atoms with Crippen molar-refractivity contribution in [1.29, 1.82) is 5.26 Å². The second kappa shape index (κ2) is 3.82. The summed E-state index contributed by atoms with van der Waals surface area (Å²) in [6, 6.07) is 2.02. The quantitative estimate of drug-likeness (QED) is 0.627. The summed E-state index contributed by atoms with van der Waals surface area (Å²) in [7, 11) is -1.93. The topological polar surface area (TPSA) is 23.8 Å². The van der Waals surface area contributed by atoms with Crippen LogP contribution in [0.3, 0.4) is 0 Å². The van der Waals surface area contributed by atoms with Crippen molar-refractivity contribution in [2.45, 2.75) is 25.0 Å². The first-order chi connectivity index (χ1) is 4.48. The predicted molar refractivity (Wildman–Crippen MR) is 44.9 cm³/mol. The van der Waals surface area contributed by atoms with Gasteiger partial charge >= 0.3 is 0 Å². The molecule has 0 saturated heterocycles. The van der Waals surface area contributed by atoms with Gasteiger partial charge in [-0.25, -0.2) is 0 Å². The number of rotatable bonds is 3. The molecule has 0 fully saturated rings. The smallest absolute Gasteiger partial charge is 0.0622 e. The SMILES string of the molecule is CC(CCC#N)S(C)(C)F. The van der Waals surface area contributed by atoms with Gasteiger partial charge < -0.3 is 0 Å². The van der Waals surface area contributed by atoms with E-state index in [9.17, 15) is 3.89 Å². The van der Waals surface area contributed by atoms with Gasteiger partial charge in [-0.2, -0.15) is 9.15 Å². The molecule has 0 radical (unpaired) electrons. The molecule has 0 N–H and O–H groups in total. The Kier molecular flexibility index (Phi) is 3.73. The Balaban J connectivity index is 3.65. The number of hydrogen-bond acceptors (Lipinski definition) is 1. The van der Waals surface area contributed by atoms with Gasteiger partial charge in [-0.05, 0) is 18.9 Å². The maximum absolute atomic E-state index is 13.1. The van der Waals surface area contributed by atoms with Gasteiger partial charge in [-0.1, -0.05) is 17.3 Å². The van der Waals surface area contributed by atoms with E-state index in [4.69, 9.17) is 5.26 Å². The molecule has 0 bridgehead atoms. The Hall–Kier alpha value is -0.230. The third kappa shape index (κ3) is 3.73. The van der Waals surface area contributed by atoms with E-state index >= 15 is 0 Å². The highest BCUT2D eigenvalue weighted by molar-refractivity contribution is 8.28. The van der Waals surface area contributed by atoms with Gasteiger partial charge in [0.2, 0.25) is 0 Å². The summed E-state index contributed by atoms with van der Waals surface area (Å²) in [6.45, 7) is 1.87. The molecule has 60 valence electrons. The van der Waals surface area contributed by atoms with Crippen LogP contribution < -0.4 is 0 Å². The van der Waals surface area contributed by atoms with Crippen LogP contribution in [-0.2, 0) is 0 Å². The molecule has 0 amide bonds. The van der Waals surface area contributed by atoms with Crippen molar-refractivity contribution in [1.82, 2.24) is 0 Å². The van der Waals surface area contributed by atoms with Crippen LogP contribution in [-0.4, -0.2) is 17.8 Å². The maximum Gasteiger partial charge on any atom is 0.0622 e. The molecular formula is C7H14FNS. The fraction of sp³-hybridized carbons (Fsp3) is 0.857. The average molecular weight is 163 g/mol. The number of halogens is 1. The fourth-order valence-corrected chi connectivity index (χ4v) is 1.23. The van der Waals surface area contributed by atoms with E-state index in [2.05, 4.69) is 0 Å². The molecule has 1 nitrogen and oxygen atoms in total. The Bertz CT molecular complexity index is 134. The second-order valence-corrected chi connectivity index (χ2v) is 6.14. The lowest BCUT2D eigenvalue weighted by Crippen LogP contribution is -2.07. The highest BCUT2D eigenvalue weighted by Gasteiger charge is 2.18. The highest BCUT2D eigenvalue weighted by Crippen LogP contribution is 2.48. The third-order valence-electron chi connectivity index (χ3n) is 1.62. The molecule has 0 rings (SSSR count). The molecule has 0 spiro atoms. The zero-order valence-electron chi connectivity index (χ0n) is 6.72. The normalized spacial score (nSPS) is 15.9. The molecule has 3 heteroatoms. The van der Waals surface area contributed by atoms with E-state index in [1.54, 1.807) is 12.5 Å². The summed E-state index contributed by atoms with van der Waals surface area (Å²) in [6.07, 6.45) is 4.43. The molecule has 0 aromatic carbocycles. The van der Waals surface area contributed by atoms with Crippen molar-refractivity contribution in [3.63, 3.8) is 0 Å². The minimum absolute atomic E-state index is 0.0622. The molecular weight excluding hydrogens is 149 g/mol. The van der Waals surface area contributed by atoms with E-state index in [0.29, 0.717) is 12.8 Å². The zero-order valence-corrected chi connectivity index (χ0v) is 7.54. The van der Waals surface area contributed by atoms with Gasteiger partial charge in [-0.15, -0.1) is 0 Å². The van der Waals surface area contributed by atoms with Crippen molar-refractivity contribution in [2.75, 3.05) is 12.5 Å². The number of nitriles is 1. The van der Waals surface area contributed by atoms with Gasteiger partial charge in [0.15, 0.2) is 0 Å². The first-order valence-corrected chi connectivity index (χ1v) is 5.68. The summed E-state index contributed by atoms with van der Waals surface area (Å²) in [5.41, 5.74) is 0. The lowest BCUT2D eigenvalue weighted by atomic mass is 10.3. The molecule has 0 saturated carbocycles. The Morgan fingerprint density at radius 2 is 2.10 bits per heavy atom. The number of nitrogens with zero attached hydrogens (tertiary/aromatic N) is 1. The monoisotopic (exact) mass is 163 g/mol. The standard InChI is InChI=1S/C7H14FNS/c1-7(5-4-6-9)10(2,3)8/h7H,4-5H2,1-3H3. The summed E-state index contributed by atoms with van der Waals surface area (Å²) in [4.78, 5) is 0. The van der Waals surface area contributed by atoms with Crippen LogP contribution in [0.4, 0.5) is 3.89 Å². The van der Waals surface area contributed by atoms with Crippen LogP contribution in [0.1, 0.15) is 19.8 Å². The van der Waals surface area contributed by atoms with E-state index < -0.39 is 10.4 Å². The minimum Gasteiger partial charge on any atom is -0.198 e.